The Morgan fingerprint density at radius 3 is 2.58 bits per heavy atom. The Bertz CT molecular complexity index is 534. The molecule has 146 valence electrons. The summed E-state index contributed by atoms with van der Waals surface area (Å²) in [6.45, 7) is 4.35. The van der Waals surface area contributed by atoms with Crippen molar-refractivity contribution in [2.24, 2.45) is 0 Å². The van der Waals surface area contributed by atoms with Crippen molar-refractivity contribution < 1.29 is 24.5 Å². The molecule has 0 aromatic heterocycles. The van der Waals surface area contributed by atoms with Crippen LogP contribution in [0.4, 0.5) is 4.79 Å². The molecule has 26 heavy (non-hydrogen) atoms. The van der Waals surface area contributed by atoms with Crippen LogP contribution in [0.2, 0.25) is 0 Å². The van der Waals surface area contributed by atoms with E-state index in [1.54, 1.807) is 0 Å². The number of rotatable bonds is 11. The number of carboxylic acid groups (broad SMARTS) is 1. The van der Waals surface area contributed by atoms with E-state index in [0.29, 0.717) is 26.2 Å². The topological polar surface area (TPSA) is 100 Å². The van der Waals surface area contributed by atoms with Crippen LogP contribution < -0.4 is 10.6 Å². The minimum atomic E-state index is -1.13. The molecule has 0 saturated carbocycles. The molecular formula is C19H30N2O5. The summed E-state index contributed by atoms with van der Waals surface area (Å²) in [7, 11) is 0. The van der Waals surface area contributed by atoms with E-state index in [9.17, 15) is 9.90 Å². The van der Waals surface area contributed by atoms with Gasteiger partial charge in [-0.25, -0.2) is 4.79 Å². The molecule has 2 atom stereocenters. The van der Waals surface area contributed by atoms with Gasteiger partial charge in [-0.2, -0.15) is 0 Å². The van der Waals surface area contributed by atoms with E-state index in [0.717, 1.165) is 31.4 Å². The Morgan fingerprint density at radius 1 is 1.23 bits per heavy atom. The largest absolute Gasteiger partial charge is 0.465 e. The lowest BCUT2D eigenvalue weighted by Gasteiger charge is -2.24. The molecule has 1 aliphatic heterocycles. The van der Waals surface area contributed by atoms with Gasteiger partial charge in [-0.1, -0.05) is 30.3 Å². The third-order valence-electron chi connectivity index (χ3n) is 4.56. The molecule has 7 nitrogen and oxygen atoms in total. The van der Waals surface area contributed by atoms with Gasteiger partial charge in [0, 0.05) is 13.0 Å². The zero-order valence-electron chi connectivity index (χ0n) is 15.3. The fourth-order valence-corrected chi connectivity index (χ4v) is 3.10. The Hall–Kier alpha value is -1.67. The molecule has 1 amide bonds. The van der Waals surface area contributed by atoms with Crippen LogP contribution in [0.25, 0.3) is 0 Å². The summed E-state index contributed by atoms with van der Waals surface area (Å²) in [5.41, 5.74) is 0.982. The first kappa shape index (κ1) is 20.6. The van der Waals surface area contributed by atoms with Crippen LogP contribution in [-0.2, 0) is 15.9 Å². The van der Waals surface area contributed by atoms with E-state index in [2.05, 4.69) is 10.6 Å². The summed E-state index contributed by atoms with van der Waals surface area (Å²) in [5.74, 6) is -0.453. The zero-order valence-corrected chi connectivity index (χ0v) is 15.3. The highest BCUT2D eigenvalue weighted by atomic mass is 16.7. The van der Waals surface area contributed by atoms with Crippen LogP contribution in [0.15, 0.2) is 30.3 Å². The van der Waals surface area contributed by atoms with Crippen molar-refractivity contribution in [3.63, 3.8) is 0 Å². The molecular weight excluding hydrogens is 336 g/mol. The quantitative estimate of drug-likeness (QED) is 0.445. The van der Waals surface area contributed by atoms with Crippen LogP contribution in [0.5, 0.6) is 0 Å². The maximum absolute atomic E-state index is 11.0. The number of hydrogen-bond acceptors (Lipinski definition) is 5. The first-order valence-corrected chi connectivity index (χ1v) is 9.18. The van der Waals surface area contributed by atoms with Crippen LogP contribution >= 0.6 is 0 Å². The average molecular weight is 366 g/mol. The molecule has 0 bridgehead atoms. The number of nitrogens with one attached hydrogen (secondary N) is 2. The van der Waals surface area contributed by atoms with Crippen LogP contribution in [0.1, 0.15) is 31.7 Å². The first-order valence-electron chi connectivity index (χ1n) is 9.18. The molecule has 4 N–H and O–H groups in total. The minimum absolute atomic E-state index is 0.335. The van der Waals surface area contributed by atoms with Crippen LogP contribution in [0, 0.1) is 0 Å². The van der Waals surface area contributed by atoms with Gasteiger partial charge in [-0.05, 0) is 38.3 Å². The molecule has 1 aromatic carbocycles. The van der Waals surface area contributed by atoms with Gasteiger partial charge in [0.2, 0.25) is 0 Å². The van der Waals surface area contributed by atoms with E-state index in [-0.39, 0.29) is 0 Å². The Kier molecular flexibility index (Phi) is 8.31. The van der Waals surface area contributed by atoms with Gasteiger partial charge in [0.25, 0.3) is 0 Å². The lowest BCUT2D eigenvalue weighted by atomic mass is 10.0. The molecule has 7 heteroatoms. The second-order valence-electron chi connectivity index (χ2n) is 6.81. The predicted molar refractivity (Wildman–Crippen MR) is 98.1 cm³/mol. The molecule has 0 spiro atoms. The summed E-state index contributed by atoms with van der Waals surface area (Å²) in [5, 5.41) is 25.0. The van der Waals surface area contributed by atoms with Gasteiger partial charge < -0.3 is 30.3 Å². The average Bonchev–Trinajstić information content (AvgIpc) is 3.04. The minimum Gasteiger partial charge on any atom is -0.465 e. The maximum atomic E-state index is 11.0. The van der Waals surface area contributed by atoms with Crippen molar-refractivity contribution in [2.45, 2.75) is 50.5 Å². The van der Waals surface area contributed by atoms with Gasteiger partial charge in [0.15, 0.2) is 5.79 Å². The number of aliphatic hydroxyl groups excluding tert-OH is 1. The van der Waals surface area contributed by atoms with Gasteiger partial charge in [-0.15, -0.1) is 0 Å². The summed E-state index contributed by atoms with van der Waals surface area (Å²) < 4.78 is 11.1. The zero-order chi connectivity index (χ0) is 18.8. The second kappa shape index (κ2) is 10.5. The predicted octanol–water partition coefficient (Wildman–Crippen LogP) is 1.75. The van der Waals surface area contributed by atoms with Crippen LogP contribution in [-0.4, -0.2) is 60.5 Å². The molecule has 0 unspecified atom stereocenters. The number of carbonyl (C=O) groups is 1. The number of unbranched alkanes of at least 4 members (excludes halogenated alkanes) is 1. The van der Waals surface area contributed by atoms with Gasteiger partial charge >= 0.3 is 6.09 Å². The molecule has 1 aromatic rings. The highest BCUT2D eigenvalue weighted by Crippen LogP contribution is 2.24. The molecule has 0 aliphatic carbocycles. The van der Waals surface area contributed by atoms with E-state index in [1.807, 2.05) is 37.3 Å². The van der Waals surface area contributed by atoms with Crippen molar-refractivity contribution in [3.05, 3.63) is 35.9 Å². The number of amides is 1. The lowest BCUT2D eigenvalue weighted by molar-refractivity contribution is -0.147. The molecule has 1 aliphatic rings. The maximum Gasteiger partial charge on any atom is 0.404 e. The SMILES string of the molecule is CC1(CCCCNC[C@@H](O)[C@H](Cc2ccccc2)NC(=O)O)OCCO1. The summed E-state index contributed by atoms with van der Waals surface area (Å²) in [6, 6.07) is 8.99. The molecule has 1 fully saturated rings. The normalized spacial score (nSPS) is 18.4. The van der Waals surface area contributed by atoms with Crippen LogP contribution in [0.3, 0.4) is 0 Å². The molecule has 1 heterocycles. The Balaban J connectivity index is 1.67. The smallest absolute Gasteiger partial charge is 0.404 e. The number of aliphatic hydroxyl groups is 1. The van der Waals surface area contributed by atoms with Crippen molar-refractivity contribution in [2.75, 3.05) is 26.3 Å². The highest BCUT2D eigenvalue weighted by Gasteiger charge is 2.29. The van der Waals surface area contributed by atoms with Gasteiger partial charge in [0.05, 0.1) is 25.4 Å². The molecule has 2 rings (SSSR count). The van der Waals surface area contributed by atoms with Crippen molar-refractivity contribution in [3.8, 4) is 0 Å². The first-order chi connectivity index (χ1) is 12.5. The number of ether oxygens (including phenoxy) is 2. The lowest BCUT2D eigenvalue weighted by Crippen LogP contribution is -2.48. The van der Waals surface area contributed by atoms with E-state index in [1.165, 1.54) is 0 Å². The highest BCUT2D eigenvalue weighted by molar-refractivity contribution is 5.65. The molecule has 0 radical (unpaired) electrons. The number of benzene rings is 1. The second-order valence-corrected chi connectivity index (χ2v) is 6.81. The third kappa shape index (κ3) is 7.29. The van der Waals surface area contributed by atoms with E-state index < -0.39 is 24.0 Å². The van der Waals surface area contributed by atoms with Crippen molar-refractivity contribution >= 4 is 6.09 Å². The van der Waals surface area contributed by atoms with Gasteiger partial charge in [-0.3, -0.25) is 0 Å². The fourth-order valence-electron chi connectivity index (χ4n) is 3.10. The monoisotopic (exact) mass is 366 g/mol. The fraction of sp³-hybridized carbons (Fsp3) is 0.632. The number of hydrogen-bond donors (Lipinski definition) is 4. The summed E-state index contributed by atoms with van der Waals surface area (Å²) >= 11 is 0. The standard InChI is InChI=1S/C19H30N2O5/c1-19(25-11-12-26-19)9-5-6-10-20-14-17(22)16(21-18(23)24)13-15-7-3-2-4-8-15/h2-4,7-8,16-17,20-22H,5-6,9-14H2,1H3,(H,23,24)/t16-,17+/m0/s1. The third-order valence-corrected chi connectivity index (χ3v) is 4.56. The van der Waals surface area contributed by atoms with Crippen molar-refractivity contribution in [1.29, 1.82) is 0 Å². The summed E-state index contributed by atoms with van der Waals surface area (Å²) in [6.07, 6.45) is 1.25. The van der Waals surface area contributed by atoms with Crippen molar-refractivity contribution in [1.82, 2.24) is 10.6 Å². The summed E-state index contributed by atoms with van der Waals surface area (Å²) in [4.78, 5) is 11.0. The van der Waals surface area contributed by atoms with E-state index >= 15 is 0 Å². The van der Waals surface area contributed by atoms with Gasteiger partial charge in [0.1, 0.15) is 0 Å². The molecule has 1 saturated heterocycles. The Labute approximate surface area is 154 Å². The van der Waals surface area contributed by atoms with E-state index in [4.69, 9.17) is 14.6 Å². The Morgan fingerprint density at radius 2 is 1.92 bits per heavy atom.